The smallest absolute Gasteiger partial charge is 0.261 e. The standard InChI is InChI=1S/C15H15N5O2S/c1-9-4-3-5-11-13(9)16-8-20(14(11)22)7-6-12(21)17-15-19-18-10(2)23-15/h3-5,8H,6-7H2,1-2H3,(H,17,19,21). The lowest BCUT2D eigenvalue weighted by molar-refractivity contribution is -0.116. The number of carbonyl (C=O) groups excluding carboxylic acids is 1. The zero-order valence-electron chi connectivity index (χ0n) is 12.7. The molecule has 1 amide bonds. The maximum atomic E-state index is 12.4. The molecular formula is C15H15N5O2S. The van der Waals surface area contributed by atoms with Crippen LogP contribution in [0, 0.1) is 13.8 Å². The van der Waals surface area contributed by atoms with Gasteiger partial charge in [-0.2, -0.15) is 0 Å². The van der Waals surface area contributed by atoms with E-state index in [1.54, 1.807) is 6.07 Å². The van der Waals surface area contributed by atoms with Crippen LogP contribution < -0.4 is 10.9 Å². The molecule has 8 heteroatoms. The van der Waals surface area contributed by atoms with Crippen LogP contribution in [0.25, 0.3) is 10.9 Å². The summed E-state index contributed by atoms with van der Waals surface area (Å²) in [5.74, 6) is -0.211. The van der Waals surface area contributed by atoms with Gasteiger partial charge in [-0.15, -0.1) is 10.2 Å². The molecule has 118 valence electrons. The molecule has 3 rings (SSSR count). The summed E-state index contributed by atoms with van der Waals surface area (Å²) < 4.78 is 1.45. The van der Waals surface area contributed by atoms with Gasteiger partial charge in [0.15, 0.2) is 0 Å². The van der Waals surface area contributed by atoms with Crippen molar-refractivity contribution in [1.29, 1.82) is 0 Å². The molecule has 0 saturated carbocycles. The highest BCUT2D eigenvalue weighted by Crippen LogP contribution is 2.14. The Morgan fingerprint density at radius 1 is 1.30 bits per heavy atom. The molecule has 1 N–H and O–H groups in total. The molecule has 0 unspecified atom stereocenters. The molecule has 0 atom stereocenters. The summed E-state index contributed by atoms with van der Waals surface area (Å²) in [6.07, 6.45) is 1.65. The second kappa shape index (κ2) is 6.25. The average molecular weight is 329 g/mol. The van der Waals surface area contributed by atoms with Crippen molar-refractivity contribution >= 4 is 33.3 Å². The van der Waals surface area contributed by atoms with Gasteiger partial charge in [0.25, 0.3) is 5.56 Å². The number of nitrogens with one attached hydrogen (secondary N) is 1. The van der Waals surface area contributed by atoms with E-state index >= 15 is 0 Å². The first-order chi connectivity index (χ1) is 11.0. The van der Waals surface area contributed by atoms with Gasteiger partial charge < -0.3 is 5.32 Å². The van der Waals surface area contributed by atoms with E-state index in [0.717, 1.165) is 10.6 Å². The molecule has 0 fully saturated rings. The van der Waals surface area contributed by atoms with Gasteiger partial charge >= 0.3 is 0 Å². The molecule has 7 nitrogen and oxygen atoms in total. The van der Waals surface area contributed by atoms with Crippen LogP contribution in [0.2, 0.25) is 0 Å². The van der Waals surface area contributed by atoms with Gasteiger partial charge in [0.2, 0.25) is 11.0 Å². The maximum Gasteiger partial charge on any atom is 0.261 e. The quantitative estimate of drug-likeness (QED) is 0.789. The zero-order valence-corrected chi connectivity index (χ0v) is 13.6. The number of rotatable bonds is 4. The minimum absolute atomic E-state index is 0.141. The molecule has 0 aliphatic heterocycles. The molecule has 0 aliphatic carbocycles. The van der Waals surface area contributed by atoms with Crippen molar-refractivity contribution in [3.8, 4) is 0 Å². The molecule has 0 bridgehead atoms. The van der Waals surface area contributed by atoms with Crippen molar-refractivity contribution in [1.82, 2.24) is 19.7 Å². The number of carbonyl (C=O) groups is 1. The number of benzene rings is 1. The molecule has 0 radical (unpaired) electrons. The first kappa shape index (κ1) is 15.3. The van der Waals surface area contributed by atoms with Crippen molar-refractivity contribution in [2.45, 2.75) is 26.8 Å². The normalized spacial score (nSPS) is 10.9. The summed E-state index contributed by atoms with van der Waals surface area (Å²) in [6, 6.07) is 5.49. The molecule has 23 heavy (non-hydrogen) atoms. The monoisotopic (exact) mass is 329 g/mol. The lowest BCUT2D eigenvalue weighted by atomic mass is 10.1. The van der Waals surface area contributed by atoms with E-state index in [1.165, 1.54) is 22.2 Å². The number of hydrogen-bond acceptors (Lipinski definition) is 6. The zero-order chi connectivity index (χ0) is 16.4. The molecule has 2 aromatic heterocycles. The lowest BCUT2D eigenvalue weighted by Gasteiger charge is -2.07. The van der Waals surface area contributed by atoms with E-state index in [9.17, 15) is 9.59 Å². The number of fused-ring (bicyclic) bond motifs is 1. The fourth-order valence-electron chi connectivity index (χ4n) is 2.25. The van der Waals surface area contributed by atoms with E-state index in [4.69, 9.17) is 0 Å². The molecule has 0 spiro atoms. The van der Waals surface area contributed by atoms with Crippen molar-refractivity contribution < 1.29 is 4.79 Å². The van der Waals surface area contributed by atoms with E-state index in [-0.39, 0.29) is 24.4 Å². The van der Waals surface area contributed by atoms with Crippen molar-refractivity contribution in [3.63, 3.8) is 0 Å². The summed E-state index contributed by atoms with van der Waals surface area (Å²) in [7, 11) is 0. The minimum Gasteiger partial charge on any atom is -0.300 e. The van der Waals surface area contributed by atoms with E-state index in [0.29, 0.717) is 16.0 Å². The Bertz CT molecular complexity index is 931. The van der Waals surface area contributed by atoms with Crippen LogP contribution in [0.1, 0.15) is 17.0 Å². The highest BCUT2D eigenvalue weighted by Gasteiger charge is 2.09. The van der Waals surface area contributed by atoms with Gasteiger partial charge in [0.1, 0.15) is 5.01 Å². The van der Waals surface area contributed by atoms with Gasteiger partial charge in [-0.3, -0.25) is 14.2 Å². The van der Waals surface area contributed by atoms with Gasteiger partial charge in [-0.05, 0) is 25.5 Å². The number of nitrogens with zero attached hydrogens (tertiary/aromatic N) is 4. The fraction of sp³-hybridized carbons (Fsp3) is 0.267. The Kier molecular flexibility index (Phi) is 4.16. The van der Waals surface area contributed by atoms with Crippen molar-refractivity contribution in [3.05, 3.63) is 45.5 Å². The van der Waals surface area contributed by atoms with Gasteiger partial charge in [0.05, 0.1) is 17.2 Å². The lowest BCUT2D eigenvalue weighted by Crippen LogP contribution is -2.23. The van der Waals surface area contributed by atoms with Crippen molar-refractivity contribution in [2.75, 3.05) is 5.32 Å². The number of para-hydroxylation sites is 1. The number of amides is 1. The first-order valence-corrected chi connectivity index (χ1v) is 7.91. The molecule has 2 heterocycles. The molecule has 0 aliphatic rings. The van der Waals surface area contributed by atoms with Gasteiger partial charge in [-0.1, -0.05) is 23.5 Å². The summed E-state index contributed by atoms with van der Waals surface area (Å²) in [6.45, 7) is 3.99. The minimum atomic E-state index is -0.211. The maximum absolute atomic E-state index is 12.4. The average Bonchev–Trinajstić information content (AvgIpc) is 2.92. The Hall–Kier alpha value is -2.61. The second-order valence-corrected chi connectivity index (χ2v) is 6.32. The Balaban J connectivity index is 1.73. The molecule has 3 aromatic rings. The topological polar surface area (TPSA) is 89.8 Å². The van der Waals surface area contributed by atoms with Gasteiger partial charge in [0, 0.05) is 13.0 Å². The Labute approximate surface area is 136 Å². The molecular weight excluding hydrogens is 314 g/mol. The first-order valence-electron chi connectivity index (χ1n) is 7.09. The van der Waals surface area contributed by atoms with Crippen LogP contribution >= 0.6 is 11.3 Å². The molecule has 1 aromatic carbocycles. The highest BCUT2D eigenvalue weighted by molar-refractivity contribution is 7.15. The number of aryl methyl sites for hydroxylation is 3. The van der Waals surface area contributed by atoms with Crippen LogP contribution in [0.4, 0.5) is 5.13 Å². The fourth-order valence-corrected chi connectivity index (χ4v) is 2.86. The highest BCUT2D eigenvalue weighted by atomic mass is 32.1. The molecule has 0 saturated heterocycles. The summed E-state index contributed by atoms with van der Waals surface area (Å²) >= 11 is 1.31. The Morgan fingerprint density at radius 2 is 2.13 bits per heavy atom. The van der Waals surface area contributed by atoms with Crippen LogP contribution in [0.5, 0.6) is 0 Å². The van der Waals surface area contributed by atoms with Crippen LogP contribution in [-0.2, 0) is 11.3 Å². The summed E-state index contributed by atoms with van der Waals surface area (Å²) in [5, 5.41) is 12.1. The van der Waals surface area contributed by atoms with E-state index < -0.39 is 0 Å². The largest absolute Gasteiger partial charge is 0.300 e. The van der Waals surface area contributed by atoms with Gasteiger partial charge in [-0.25, -0.2) is 4.98 Å². The third kappa shape index (κ3) is 3.26. The summed E-state index contributed by atoms with van der Waals surface area (Å²) in [4.78, 5) is 28.7. The van der Waals surface area contributed by atoms with E-state index in [2.05, 4.69) is 20.5 Å². The predicted molar refractivity (Wildman–Crippen MR) is 88.6 cm³/mol. The number of hydrogen-bond donors (Lipinski definition) is 1. The van der Waals surface area contributed by atoms with E-state index in [1.807, 2.05) is 26.0 Å². The van der Waals surface area contributed by atoms with Crippen LogP contribution in [0.15, 0.2) is 29.3 Å². The van der Waals surface area contributed by atoms with Crippen LogP contribution in [-0.4, -0.2) is 25.7 Å². The Morgan fingerprint density at radius 3 is 2.87 bits per heavy atom. The predicted octanol–water partition coefficient (Wildman–Crippen LogP) is 1.89. The SMILES string of the molecule is Cc1nnc(NC(=O)CCn2cnc3c(C)cccc3c2=O)s1. The number of aromatic nitrogens is 4. The van der Waals surface area contributed by atoms with Crippen molar-refractivity contribution in [2.24, 2.45) is 0 Å². The van der Waals surface area contributed by atoms with Crippen LogP contribution in [0.3, 0.4) is 0 Å². The number of anilines is 1. The third-order valence-corrected chi connectivity index (χ3v) is 4.16. The third-order valence-electron chi connectivity index (χ3n) is 3.41. The summed E-state index contributed by atoms with van der Waals surface area (Å²) in [5.41, 5.74) is 1.51. The second-order valence-electron chi connectivity index (χ2n) is 5.14.